The first kappa shape index (κ1) is 34.4. The molecule has 0 atom stereocenters. The Balaban J connectivity index is 0.00000274. The first-order valence-corrected chi connectivity index (χ1v) is 15.5. The van der Waals surface area contributed by atoms with Gasteiger partial charge in [0.2, 0.25) is 0 Å². The minimum absolute atomic E-state index is 0.123. The van der Waals surface area contributed by atoms with Gasteiger partial charge in [-0.05, 0) is 105 Å². The molecule has 1 saturated carbocycles. The average Bonchev–Trinajstić information content (AvgIpc) is 2.94. The van der Waals surface area contributed by atoms with Gasteiger partial charge >= 0.3 is 6.18 Å². The molecule has 1 heterocycles. The van der Waals surface area contributed by atoms with Crippen LogP contribution in [0.15, 0.2) is 22.5 Å². The zero-order valence-electron chi connectivity index (χ0n) is 25.2. The summed E-state index contributed by atoms with van der Waals surface area (Å²) in [5.74, 6) is 1.14. The van der Waals surface area contributed by atoms with Crippen LogP contribution in [0.5, 0.6) is 0 Å². The second kappa shape index (κ2) is 16.6. The van der Waals surface area contributed by atoms with Crippen molar-refractivity contribution in [2.45, 2.75) is 97.3 Å². The fourth-order valence-corrected chi connectivity index (χ4v) is 6.53. The summed E-state index contributed by atoms with van der Waals surface area (Å²) in [5.41, 5.74) is 4.41. The van der Waals surface area contributed by atoms with Gasteiger partial charge in [-0.2, -0.15) is 13.2 Å². The lowest BCUT2D eigenvalue weighted by molar-refractivity contribution is -0.138. The van der Waals surface area contributed by atoms with Gasteiger partial charge < -0.3 is 15.4 Å². The van der Waals surface area contributed by atoms with Crippen LogP contribution in [0.25, 0.3) is 6.08 Å². The number of halogens is 3. The number of aldehydes is 1. The van der Waals surface area contributed by atoms with Crippen LogP contribution in [0.4, 0.5) is 13.2 Å². The summed E-state index contributed by atoms with van der Waals surface area (Å²) < 4.78 is 40.0. The van der Waals surface area contributed by atoms with E-state index < -0.39 is 18.1 Å². The molecule has 0 spiro atoms. The zero-order valence-corrected chi connectivity index (χ0v) is 26.0. The van der Waals surface area contributed by atoms with E-state index in [0.717, 1.165) is 57.4 Å². The van der Waals surface area contributed by atoms with Crippen LogP contribution in [0.2, 0.25) is 0 Å². The molecular formula is C31H49F3N4OS. The molecule has 1 aromatic rings. The molecular weight excluding hydrogens is 533 g/mol. The number of rotatable bonds is 10. The maximum absolute atomic E-state index is 12.6. The SMILES string of the molecule is CC.CN=C(NC1(C=O)CCN(S/C=C/c2c(C)cc(CNC)cc2C)CC1)C1CCC(CCC(F)(F)F)CC1. The van der Waals surface area contributed by atoms with Crippen molar-refractivity contribution in [3.05, 3.63) is 39.8 Å². The topological polar surface area (TPSA) is 56.7 Å². The number of carbonyl (C=O) groups excluding carboxylic acids is 1. The number of aryl methyl sites for hydroxylation is 2. The lowest BCUT2D eigenvalue weighted by Crippen LogP contribution is -2.57. The monoisotopic (exact) mass is 582 g/mol. The fraction of sp³-hybridized carbons (Fsp3) is 0.677. The Morgan fingerprint density at radius 3 is 2.23 bits per heavy atom. The maximum Gasteiger partial charge on any atom is 0.389 e. The minimum Gasteiger partial charge on any atom is -0.361 e. The number of nitrogens with zero attached hydrogens (tertiary/aromatic N) is 2. The summed E-state index contributed by atoms with van der Waals surface area (Å²) in [7, 11) is 3.69. The Morgan fingerprint density at radius 2 is 1.73 bits per heavy atom. The third kappa shape index (κ3) is 10.5. The third-order valence-corrected chi connectivity index (χ3v) is 8.93. The molecule has 1 aromatic carbocycles. The smallest absolute Gasteiger partial charge is 0.361 e. The van der Waals surface area contributed by atoms with Crippen LogP contribution >= 0.6 is 11.9 Å². The van der Waals surface area contributed by atoms with Crippen molar-refractivity contribution in [2.75, 3.05) is 27.2 Å². The highest BCUT2D eigenvalue weighted by atomic mass is 32.2. The summed E-state index contributed by atoms with van der Waals surface area (Å²) in [6.07, 6.45) is 3.21. The molecule has 0 bridgehead atoms. The molecule has 2 aliphatic rings. The minimum atomic E-state index is -4.08. The molecule has 3 rings (SSSR count). The van der Waals surface area contributed by atoms with Crippen molar-refractivity contribution in [3.8, 4) is 0 Å². The molecule has 0 radical (unpaired) electrons. The molecule has 9 heteroatoms. The van der Waals surface area contributed by atoms with Crippen LogP contribution in [0.3, 0.4) is 0 Å². The van der Waals surface area contributed by atoms with Gasteiger partial charge in [-0.15, -0.1) is 0 Å². The van der Waals surface area contributed by atoms with E-state index in [9.17, 15) is 18.0 Å². The number of hydrogen-bond donors (Lipinski definition) is 2. The molecule has 1 aliphatic carbocycles. The molecule has 0 aromatic heterocycles. The highest BCUT2D eigenvalue weighted by Gasteiger charge is 2.37. The van der Waals surface area contributed by atoms with Crippen LogP contribution in [0.1, 0.15) is 87.5 Å². The van der Waals surface area contributed by atoms with Crippen LogP contribution in [-0.4, -0.2) is 55.3 Å². The summed E-state index contributed by atoms with van der Waals surface area (Å²) in [6.45, 7) is 10.7. The quantitative estimate of drug-likeness (QED) is 0.130. The Bertz CT molecular complexity index is 956. The van der Waals surface area contributed by atoms with Gasteiger partial charge in [0.1, 0.15) is 6.29 Å². The van der Waals surface area contributed by atoms with Gasteiger partial charge in [0.05, 0.1) is 11.4 Å². The predicted octanol–water partition coefficient (Wildman–Crippen LogP) is 7.47. The van der Waals surface area contributed by atoms with Crippen molar-refractivity contribution in [3.63, 3.8) is 0 Å². The van der Waals surface area contributed by atoms with Crippen molar-refractivity contribution < 1.29 is 18.0 Å². The van der Waals surface area contributed by atoms with Gasteiger partial charge in [0.15, 0.2) is 0 Å². The average molecular weight is 583 g/mol. The van der Waals surface area contributed by atoms with E-state index in [2.05, 4.69) is 57.4 Å². The molecule has 1 aliphatic heterocycles. The molecule has 0 unspecified atom stereocenters. The van der Waals surface area contributed by atoms with Gasteiger partial charge in [0, 0.05) is 39.0 Å². The van der Waals surface area contributed by atoms with Gasteiger partial charge in [-0.25, -0.2) is 4.31 Å². The second-order valence-electron chi connectivity index (χ2n) is 10.9. The molecule has 1 saturated heterocycles. The Labute approximate surface area is 244 Å². The zero-order chi connectivity index (χ0) is 29.8. The number of aliphatic imine (C=N–C) groups is 1. The van der Waals surface area contributed by atoms with Crippen molar-refractivity contribution in [1.29, 1.82) is 0 Å². The lowest BCUT2D eigenvalue weighted by atomic mass is 9.78. The number of amidine groups is 1. The number of hydrogen-bond acceptors (Lipinski definition) is 5. The predicted molar refractivity (Wildman–Crippen MR) is 163 cm³/mol. The van der Waals surface area contributed by atoms with E-state index in [4.69, 9.17) is 0 Å². The Kier molecular flexibility index (Phi) is 14.2. The number of carbonyl (C=O) groups is 1. The molecule has 0 amide bonds. The maximum atomic E-state index is 12.6. The van der Waals surface area contributed by atoms with Crippen LogP contribution in [-0.2, 0) is 11.3 Å². The van der Waals surface area contributed by atoms with E-state index in [1.807, 2.05) is 20.9 Å². The molecule has 2 fully saturated rings. The van der Waals surface area contributed by atoms with Crippen molar-refractivity contribution in [1.82, 2.24) is 14.9 Å². The van der Waals surface area contributed by atoms with Crippen molar-refractivity contribution in [2.24, 2.45) is 16.8 Å². The summed E-state index contributed by atoms with van der Waals surface area (Å²) in [4.78, 5) is 16.7. The summed E-state index contributed by atoms with van der Waals surface area (Å²) >= 11 is 1.68. The standard InChI is InChI=1S/C29H43F3N4OS.C2H6/c1-21-17-24(19-33-3)18-22(2)26(21)10-16-38-36-14-12-28(20-37,13-15-36)35-27(34-4)25-7-5-23(6-8-25)9-11-29(30,31)32;1-2/h10,16-18,20,23,25,33H,5-9,11-15,19H2,1-4H3,(H,34,35);1-2H3/b16-10+;. The van der Waals surface area contributed by atoms with Gasteiger partial charge in [0.25, 0.3) is 0 Å². The molecule has 226 valence electrons. The lowest BCUT2D eigenvalue weighted by Gasteiger charge is -2.40. The first-order chi connectivity index (χ1) is 19.1. The van der Waals surface area contributed by atoms with E-state index in [1.54, 1.807) is 19.0 Å². The Morgan fingerprint density at radius 1 is 1.12 bits per heavy atom. The summed E-state index contributed by atoms with van der Waals surface area (Å²) in [5, 5.41) is 8.81. The fourth-order valence-electron chi connectivity index (χ4n) is 5.77. The molecule has 40 heavy (non-hydrogen) atoms. The number of nitrogens with one attached hydrogen (secondary N) is 2. The van der Waals surface area contributed by atoms with Gasteiger partial charge in [-0.1, -0.05) is 37.9 Å². The van der Waals surface area contributed by atoms with Crippen molar-refractivity contribution >= 4 is 30.1 Å². The highest BCUT2D eigenvalue weighted by Crippen LogP contribution is 2.36. The van der Waals surface area contributed by atoms with Gasteiger partial charge in [-0.3, -0.25) is 4.99 Å². The summed E-state index contributed by atoms with van der Waals surface area (Å²) in [6, 6.07) is 4.45. The molecule has 2 N–H and O–H groups in total. The third-order valence-electron chi connectivity index (χ3n) is 8.01. The number of benzene rings is 1. The number of piperidine rings is 1. The second-order valence-corrected chi connectivity index (χ2v) is 11.9. The van der Waals surface area contributed by atoms with E-state index >= 15 is 0 Å². The highest BCUT2D eigenvalue weighted by molar-refractivity contribution is 8.00. The van der Waals surface area contributed by atoms with E-state index in [1.165, 1.54) is 22.3 Å². The van der Waals surface area contributed by atoms with E-state index in [0.29, 0.717) is 12.8 Å². The van der Waals surface area contributed by atoms with Crippen LogP contribution < -0.4 is 10.6 Å². The normalized spacial score (nSPS) is 22.1. The first-order valence-electron chi connectivity index (χ1n) is 14.7. The molecule has 5 nitrogen and oxygen atoms in total. The number of alkyl halides is 3. The van der Waals surface area contributed by atoms with Crippen LogP contribution in [0, 0.1) is 25.7 Å². The largest absolute Gasteiger partial charge is 0.389 e. The Hall–Kier alpha value is -1.84. The van der Waals surface area contributed by atoms with E-state index in [-0.39, 0.29) is 18.3 Å².